The molecule has 0 spiro atoms. The van der Waals surface area contributed by atoms with E-state index in [0.717, 1.165) is 30.5 Å². The van der Waals surface area contributed by atoms with E-state index in [-0.39, 0.29) is 24.1 Å². The zero-order chi connectivity index (χ0) is 18.7. The number of halogens is 1. The van der Waals surface area contributed by atoms with E-state index in [1.165, 1.54) is 6.07 Å². The summed E-state index contributed by atoms with van der Waals surface area (Å²) in [6, 6.07) is 12.0. The summed E-state index contributed by atoms with van der Waals surface area (Å²) < 4.78 is 40.8. The predicted octanol–water partition coefficient (Wildman–Crippen LogP) is 2.29. The largest absolute Gasteiger partial charge is 0.326 e. The molecule has 0 heterocycles. The second-order valence-electron chi connectivity index (χ2n) is 6.31. The van der Waals surface area contributed by atoms with Crippen LogP contribution in [0.25, 0.3) is 0 Å². The van der Waals surface area contributed by atoms with Crippen LogP contribution in [-0.2, 0) is 14.8 Å². The molecule has 1 saturated carbocycles. The Morgan fingerprint density at radius 1 is 1.19 bits per heavy atom. The van der Waals surface area contributed by atoms with E-state index in [2.05, 4.69) is 10.0 Å². The number of hydrogen-bond acceptors (Lipinski definition) is 4. The number of carbonyl (C=O) groups is 1. The van der Waals surface area contributed by atoms with Gasteiger partial charge in [0.2, 0.25) is 15.9 Å². The lowest BCUT2D eigenvalue weighted by Gasteiger charge is -2.13. The van der Waals surface area contributed by atoms with Crippen molar-refractivity contribution in [2.45, 2.75) is 36.2 Å². The number of nitrogens with one attached hydrogen (secondary N) is 2. The molecule has 0 aliphatic heterocycles. The highest BCUT2D eigenvalue weighted by Crippen LogP contribution is 2.25. The monoisotopic (exact) mass is 377 g/mol. The fourth-order valence-electron chi connectivity index (χ4n) is 2.50. The van der Waals surface area contributed by atoms with Gasteiger partial charge in [-0.05, 0) is 36.6 Å². The molecule has 0 radical (unpaired) electrons. The lowest BCUT2D eigenvalue weighted by molar-refractivity contribution is -0.116. The quantitative estimate of drug-likeness (QED) is 0.689. The van der Waals surface area contributed by atoms with E-state index in [4.69, 9.17) is 5.73 Å². The highest BCUT2D eigenvalue weighted by atomic mass is 32.2. The number of hydrogen-bond donors (Lipinski definition) is 3. The van der Waals surface area contributed by atoms with Crippen LogP contribution in [0.1, 0.15) is 30.9 Å². The Kier molecular flexibility index (Phi) is 5.36. The van der Waals surface area contributed by atoms with Crippen molar-refractivity contribution in [2.75, 3.05) is 5.32 Å². The number of benzene rings is 2. The third kappa shape index (κ3) is 4.66. The van der Waals surface area contributed by atoms with Gasteiger partial charge >= 0.3 is 0 Å². The Bertz CT molecular complexity index is 899. The van der Waals surface area contributed by atoms with Gasteiger partial charge in [0.15, 0.2) is 0 Å². The Morgan fingerprint density at radius 2 is 1.88 bits per heavy atom. The first-order chi connectivity index (χ1) is 12.3. The number of rotatable bonds is 7. The topological polar surface area (TPSA) is 101 Å². The molecule has 6 nitrogen and oxygen atoms in total. The molecule has 1 aliphatic carbocycles. The van der Waals surface area contributed by atoms with E-state index in [0.29, 0.717) is 0 Å². The summed E-state index contributed by atoms with van der Waals surface area (Å²) in [5.74, 6) is -1.25. The smallest absolute Gasteiger partial charge is 0.243 e. The first-order valence-electron chi connectivity index (χ1n) is 8.27. The Morgan fingerprint density at radius 3 is 2.54 bits per heavy atom. The van der Waals surface area contributed by atoms with E-state index in [1.54, 1.807) is 0 Å². The van der Waals surface area contributed by atoms with Crippen LogP contribution in [0.4, 0.5) is 10.1 Å². The molecule has 2 aromatic carbocycles. The fourth-order valence-corrected chi connectivity index (χ4v) is 3.91. The minimum atomic E-state index is -3.95. The number of sulfonamides is 1. The second-order valence-corrected chi connectivity index (χ2v) is 7.99. The zero-order valence-corrected chi connectivity index (χ0v) is 14.8. The van der Waals surface area contributed by atoms with Crippen molar-refractivity contribution in [3.8, 4) is 0 Å². The first kappa shape index (κ1) is 18.5. The molecule has 1 atom stereocenters. The van der Waals surface area contributed by atoms with Gasteiger partial charge in [0, 0.05) is 24.2 Å². The van der Waals surface area contributed by atoms with Crippen LogP contribution < -0.4 is 15.8 Å². The van der Waals surface area contributed by atoms with Gasteiger partial charge in [-0.3, -0.25) is 4.79 Å². The van der Waals surface area contributed by atoms with Crippen molar-refractivity contribution in [1.29, 1.82) is 0 Å². The van der Waals surface area contributed by atoms with Crippen LogP contribution in [0.2, 0.25) is 0 Å². The lowest BCUT2D eigenvalue weighted by atomic mass is 10.0. The Balaban J connectivity index is 1.69. The van der Waals surface area contributed by atoms with E-state index >= 15 is 0 Å². The summed E-state index contributed by atoms with van der Waals surface area (Å²) in [5, 5.41) is 2.57. The highest BCUT2D eigenvalue weighted by Gasteiger charge is 2.29. The molecule has 0 saturated heterocycles. The fraction of sp³-hybridized carbons (Fsp3) is 0.278. The van der Waals surface area contributed by atoms with Crippen LogP contribution in [0, 0.1) is 5.82 Å². The van der Waals surface area contributed by atoms with Gasteiger partial charge in [-0.2, -0.15) is 0 Å². The maximum absolute atomic E-state index is 14.0. The molecular weight excluding hydrogens is 357 g/mol. The normalized spacial score (nSPS) is 15.5. The Labute approximate surface area is 151 Å². The van der Waals surface area contributed by atoms with E-state index in [9.17, 15) is 17.6 Å². The van der Waals surface area contributed by atoms with Crippen molar-refractivity contribution in [1.82, 2.24) is 4.72 Å². The standard InChI is InChI=1S/C18H20FN3O3S/c19-15-9-8-14(10-17(15)26(24,25)22-13-6-7-13)21-18(23)11-16(20)12-4-2-1-3-5-12/h1-5,8-10,13,16,22H,6-7,11,20H2,(H,21,23). The molecule has 138 valence electrons. The van der Waals surface area contributed by atoms with Crippen LogP contribution in [0.3, 0.4) is 0 Å². The molecule has 8 heteroatoms. The van der Waals surface area contributed by atoms with Gasteiger partial charge in [-0.15, -0.1) is 0 Å². The third-order valence-corrected chi connectivity index (χ3v) is 5.57. The lowest BCUT2D eigenvalue weighted by Crippen LogP contribution is -2.27. The zero-order valence-electron chi connectivity index (χ0n) is 14.0. The summed E-state index contributed by atoms with van der Waals surface area (Å²) in [6.07, 6.45) is 1.51. The molecule has 1 unspecified atom stereocenters. The second kappa shape index (κ2) is 7.53. The van der Waals surface area contributed by atoms with Crippen LogP contribution in [0.5, 0.6) is 0 Å². The van der Waals surface area contributed by atoms with Crippen LogP contribution in [-0.4, -0.2) is 20.4 Å². The van der Waals surface area contributed by atoms with Gasteiger partial charge in [0.05, 0.1) is 0 Å². The molecular formula is C18H20FN3O3S. The minimum Gasteiger partial charge on any atom is -0.326 e. The minimum absolute atomic E-state index is 0.0177. The van der Waals surface area contributed by atoms with E-state index < -0.39 is 26.8 Å². The van der Waals surface area contributed by atoms with Crippen molar-refractivity contribution < 1.29 is 17.6 Å². The molecule has 0 bridgehead atoms. The molecule has 2 aromatic rings. The molecule has 1 aliphatic rings. The molecule has 26 heavy (non-hydrogen) atoms. The van der Waals surface area contributed by atoms with Gasteiger partial charge in [-0.25, -0.2) is 17.5 Å². The van der Waals surface area contributed by atoms with E-state index in [1.807, 2.05) is 30.3 Å². The molecule has 1 amide bonds. The van der Waals surface area contributed by atoms with Crippen molar-refractivity contribution in [3.63, 3.8) is 0 Å². The van der Waals surface area contributed by atoms with Gasteiger partial charge in [-0.1, -0.05) is 30.3 Å². The first-order valence-corrected chi connectivity index (χ1v) is 9.76. The summed E-state index contributed by atoms with van der Waals surface area (Å²) >= 11 is 0. The number of carbonyl (C=O) groups excluding carboxylic acids is 1. The van der Waals surface area contributed by atoms with Crippen LogP contribution >= 0.6 is 0 Å². The Hall–Kier alpha value is -2.29. The van der Waals surface area contributed by atoms with Crippen molar-refractivity contribution >= 4 is 21.6 Å². The van der Waals surface area contributed by atoms with Crippen LogP contribution in [0.15, 0.2) is 53.4 Å². The van der Waals surface area contributed by atoms with Gasteiger partial charge < -0.3 is 11.1 Å². The molecule has 3 rings (SSSR count). The van der Waals surface area contributed by atoms with Gasteiger partial charge in [0.25, 0.3) is 0 Å². The van der Waals surface area contributed by atoms with Crippen molar-refractivity contribution in [3.05, 3.63) is 59.9 Å². The number of anilines is 1. The predicted molar refractivity (Wildman–Crippen MR) is 96.4 cm³/mol. The maximum Gasteiger partial charge on any atom is 0.243 e. The van der Waals surface area contributed by atoms with Crippen molar-refractivity contribution in [2.24, 2.45) is 5.73 Å². The third-order valence-electron chi connectivity index (χ3n) is 4.04. The average Bonchev–Trinajstić information content (AvgIpc) is 3.40. The number of nitrogens with two attached hydrogens (primary N) is 1. The average molecular weight is 377 g/mol. The summed E-state index contributed by atoms with van der Waals surface area (Å²) in [5.41, 5.74) is 7.03. The molecule has 1 fully saturated rings. The SMILES string of the molecule is NC(CC(=O)Nc1ccc(F)c(S(=O)(=O)NC2CC2)c1)c1ccccc1. The molecule has 0 aromatic heterocycles. The summed E-state index contributed by atoms with van der Waals surface area (Å²) in [6.45, 7) is 0. The molecule has 4 N–H and O–H groups in total. The highest BCUT2D eigenvalue weighted by molar-refractivity contribution is 7.89. The summed E-state index contributed by atoms with van der Waals surface area (Å²) in [4.78, 5) is 11.7. The number of amides is 1. The van der Waals surface area contributed by atoms with Gasteiger partial charge in [0.1, 0.15) is 10.7 Å². The maximum atomic E-state index is 14.0. The summed E-state index contributed by atoms with van der Waals surface area (Å²) in [7, 11) is -3.95.